The first-order chi connectivity index (χ1) is 8.31. The first-order valence-corrected chi connectivity index (χ1v) is 6.25. The second-order valence-electron chi connectivity index (χ2n) is 3.68. The van der Waals surface area contributed by atoms with E-state index in [-0.39, 0.29) is 16.4 Å². The average Bonchev–Trinajstić information content (AvgIpc) is 2.28. The van der Waals surface area contributed by atoms with Crippen LogP contribution >= 0.6 is 15.9 Å². The molecule has 18 heavy (non-hydrogen) atoms. The number of benzene rings is 1. The SMILES string of the molecule is CCC(=O)C(Br)Cc1ccc(OC(F)(F)F)cc1. The zero-order chi connectivity index (χ0) is 13.8. The number of ketones is 1. The van der Waals surface area contributed by atoms with Gasteiger partial charge in [-0.15, -0.1) is 13.2 Å². The van der Waals surface area contributed by atoms with Gasteiger partial charge in [0.1, 0.15) is 11.5 Å². The molecule has 0 aliphatic rings. The molecule has 1 rings (SSSR count). The lowest BCUT2D eigenvalue weighted by Gasteiger charge is -2.10. The monoisotopic (exact) mass is 324 g/mol. The van der Waals surface area contributed by atoms with Gasteiger partial charge in [-0.1, -0.05) is 35.0 Å². The van der Waals surface area contributed by atoms with Crippen molar-refractivity contribution in [1.29, 1.82) is 0 Å². The lowest BCUT2D eigenvalue weighted by atomic mass is 10.1. The van der Waals surface area contributed by atoms with E-state index in [1.165, 1.54) is 24.3 Å². The highest BCUT2D eigenvalue weighted by atomic mass is 79.9. The molecule has 0 fully saturated rings. The molecule has 0 aliphatic heterocycles. The van der Waals surface area contributed by atoms with Crippen LogP contribution in [0.15, 0.2) is 24.3 Å². The molecular weight excluding hydrogens is 313 g/mol. The zero-order valence-electron chi connectivity index (χ0n) is 9.63. The molecule has 0 radical (unpaired) electrons. The summed E-state index contributed by atoms with van der Waals surface area (Å²) in [7, 11) is 0. The summed E-state index contributed by atoms with van der Waals surface area (Å²) >= 11 is 3.25. The van der Waals surface area contributed by atoms with Crippen molar-refractivity contribution in [2.75, 3.05) is 0 Å². The molecule has 0 N–H and O–H groups in total. The van der Waals surface area contributed by atoms with E-state index in [4.69, 9.17) is 0 Å². The Labute approximate surface area is 111 Å². The number of Topliss-reactive ketones (excluding diaryl/α,β-unsaturated/α-hetero) is 1. The number of rotatable bonds is 5. The molecule has 0 amide bonds. The Hall–Kier alpha value is -1.04. The van der Waals surface area contributed by atoms with Gasteiger partial charge in [0.25, 0.3) is 0 Å². The second-order valence-corrected chi connectivity index (χ2v) is 4.79. The van der Waals surface area contributed by atoms with Gasteiger partial charge in [0.2, 0.25) is 0 Å². The first-order valence-electron chi connectivity index (χ1n) is 5.33. The quantitative estimate of drug-likeness (QED) is 0.768. The van der Waals surface area contributed by atoms with Gasteiger partial charge in [0.15, 0.2) is 0 Å². The molecule has 0 saturated carbocycles. The van der Waals surface area contributed by atoms with Crippen molar-refractivity contribution in [3.63, 3.8) is 0 Å². The molecule has 0 saturated heterocycles. The highest BCUT2D eigenvalue weighted by molar-refractivity contribution is 9.10. The summed E-state index contributed by atoms with van der Waals surface area (Å²) < 4.78 is 39.5. The summed E-state index contributed by atoms with van der Waals surface area (Å²) in [6.07, 6.45) is -3.82. The average molecular weight is 325 g/mol. The molecule has 1 aromatic rings. The lowest BCUT2D eigenvalue weighted by molar-refractivity contribution is -0.274. The van der Waals surface area contributed by atoms with Crippen LogP contribution in [0.4, 0.5) is 13.2 Å². The van der Waals surface area contributed by atoms with Gasteiger partial charge in [0, 0.05) is 6.42 Å². The Bertz CT molecular complexity index is 401. The second kappa shape index (κ2) is 6.22. The van der Waals surface area contributed by atoms with Crippen LogP contribution in [0.3, 0.4) is 0 Å². The molecule has 1 aromatic carbocycles. The van der Waals surface area contributed by atoms with Crippen molar-refractivity contribution in [3.05, 3.63) is 29.8 Å². The van der Waals surface area contributed by atoms with Gasteiger partial charge in [-0.05, 0) is 24.1 Å². The van der Waals surface area contributed by atoms with Gasteiger partial charge < -0.3 is 4.74 Å². The first kappa shape index (κ1) is 15.0. The van der Waals surface area contributed by atoms with Crippen LogP contribution in [0.2, 0.25) is 0 Å². The largest absolute Gasteiger partial charge is 0.573 e. The molecule has 6 heteroatoms. The van der Waals surface area contributed by atoms with Crippen LogP contribution in [-0.4, -0.2) is 17.0 Å². The van der Waals surface area contributed by atoms with Crippen LogP contribution in [0, 0.1) is 0 Å². The summed E-state index contributed by atoms with van der Waals surface area (Å²) in [6.45, 7) is 1.76. The predicted molar refractivity (Wildman–Crippen MR) is 64.8 cm³/mol. The maximum atomic E-state index is 11.9. The molecule has 100 valence electrons. The number of ether oxygens (including phenoxy) is 1. The number of hydrogen-bond donors (Lipinski definition) is 0. The smallest absolute Gasteiger partial charge is 0.406 e. The van der Waals surface area contributed by atoms with E-state index in [1.807, 2.05) is 0 Å². The number of carbonyl (C=O) groups excluding carboxylic acids is 1. The van der Waals surface area contributed by atoms with Crippen LogP contribution in [-0.2, 0) is 11.2 Å². The van der Waals surface area contributed by atoms with E-state index in [0.29, 0.717) is 12.8 Å². The molecule has 2 nitrogen and oxygen atoms in total. The van der Waals surface area contributed by atoms with E-state index in [2.05, 4.69) is 20.7 Å². The normalized spacial score (nSPS) is 13.2. The fourth-order valence-electron chi connectivity index (χ4n) is 1.37. The van der Waals surface area contributed by atoms with Crippen LogP contribution in [0.5, 0.6) is 5.75 Å². The molecule has 0 heterocycles. The summed E-state index contributed by atoms with van der Waals surface area (Å²) in [5.74, 6) is -0.204. The van der Waals surface area contributed by atoms with E-state index in [9.17, 15) is 18.0 Å². The Kier molecular flexibility index (Phi) is 5.19. The molecule has 0 aromatic heterocycles. The fourth-order valence-corrected chi connectivity index (χ4v) is 2.07. The van der Waals surface area contributed by atoms with Gasteiger partial charge in [-0.3, -0.25) is 4.79 Å². The summed E-state index contributed by atoms with van der Waals surface area (Å²) in [5, 5.41) is 0. The summed E-state index contributed by atoms with van der Waals surface area (Å²) in [5.41, 5.74) is 0.771. The molecule has 0 bridgehead atoms. The molecule has 1 atom stereocenters. The number of alkyl halides is 4. The van der Waals surface area contributed by atoms with Crippen LogP contribution < -0.4 is 4.74 Å². The van der Waals surface area contributed by atoms with E-state index >= 15 is 0 Å². The zero-order valence-corrected chi connectivity index (χ0v) is 11.2. The minimum Gasteiger partial charge on any atom is -0.406 e. The minimum absolute atomic E-state index is 0.0608. The highest BCUT2D eigenvalue weighted by Gasteiger charge is 2.30. The van der Waals surface area contributed by atoms with Gasteiger partial charge in [-0.25, -0.2) is 0 Å². The van der Waals surface area contributed by atoms with E-state index < -0.39 is 6.36 Å². The third-order valence-electron chi connectivity index (χ3n) is 2.27. The highest BCUT2D eigenvalue weighted by Crippen LogP contribution is 2.23. The van der Waals surface area contributed by atoms with Crippen molar-refractivity contribution in [2.45, 2.75) is 31.0 Å². The van der Waals surface area contributed by atoms with Crippen molar-refractivity contribution in [3.8, 4) is 5.75 Å². The number of carbonyl (C=O) groups is 1. The molecule has 0 spiro atoms. The van der Waals surface area contributed by atoms with Gasteiger partial charge >= 0.3 is 6.36 Å². The fraction of sp³-hybridized carbons (Fsp3) is 0.417. The Morgan fingerprint density at radius 3 is 2.33 bits per heavy atom. The van der Waals surface area contributed by atoms with E-state index in [0.717, 1.165) is 5.56 Å². The number of halogens is 4. The molecular formula is C12H12BrF3O2. The van der Waals surface area contributed by atoms with Gasteiger partial charge in [-0.2, -0.15) is 0 Å². The van der Waals surface area contributed by atoms with Crippen LogP contribution in [0.1, 0.15) is 18.9 Å². The number of hydrogen-bond acceptors (Lipinski definition) is 2. The van der Waals surface area contributed by atoms with Crippen molar-refractivity contribution in [2.24, 2.45) is 0 Å². The molecule has 1 unspecified atom stereocenters. The topological polar surface area (TPSA) is 26.3 Å². The van der Waals surface area contributed by atoms with Crippen molar-refractivity contribution >= 4 is 21.7 Å². The maximum absolute atomic E-state index is 11.9. The predicted octanol–water partition coefficient (Wildman–Crippen LogP) is 3.87. The Morgan fingerprint density at radius 2 is 1.89 bits per heavy atom. The van der Waals surface area contributed by atoms with Crippen molar-refractivity contribution < 1.29 is 22.7 Å². The van der Waals surface area contributed by atoms with E-state index in [1.54, 1.807) is 6.92 Å². The Morgan fingerprint density at radius 1 is 1.33 bits per heavy atom. The summed E-state index contributed by atoms with van der Waals surface area (Å²) in [4.78, 5) is 11.0. The standard InChI is InChI=1S/C12H12BrF3O2/c1-2-11(17)10(13)7-8-3-5-9(6-4-8)18-12(14,15)16/h3-6,10H,2,7H2,1H3. The Balaban J connectivity index is 2.63. The molecule has 0 aliphatic carbocycles. The summed E-state index contributed by atoms with van der Waals surface area (Å²) in [6, 6.07) is 5.49. The maximum Gasteiger partial charge on any atom is 0.573 e. The van der Waals surface area contributed by atoms with Crippen molar-refractivity contribution in [1.82, 2.24) is 0 Å². The third-order valence-corrected chi connectivity index (χ3v) is 3.10. The van der Waals surface area contributed by atoms with Crippen LogP contribution in [0.25, 0.3) is 0 Å². The lowest BCUT2D eigenvalue weighted by Crippen LogP contribution is -2.17. The van der Waals surface area contributed by atoms with Gasteiger partial charge in [0.05, 0.1) is 4.83 Å². The third kappa shape index (κ3) is 5.08. The minimum atomic E-state index is -4.68.